The van der Waals surface area contributed by atoms with Crippen molar-refractivity contribution in [2.24, 2.45) is 0 Å². The van der Waals surface area contributed by atoms with E-state index in [4.69, 9.17) is 0 Å². The van der Waals surface area contributed by atoms with Gasteiger partial charge in [-0.1, -0.05) is 60.7 Å². The first-order chi connectivity index (χ1) is 12.5. The Hall–Kier alpha value is -3.74. The van der Waals surface area contributed by atoms with Gasteiger partial charge in [-0.2, -0.15) is 0 Å². The van der Waals surface area contributed by atoms with Crippen LogP contribution < -0.4 is 11.2 Å². The molecule has 2 N–H and O–H groups in total. The Balaban J connectivity index is 2.23. The minimum atomic E-state index is -1.52. The van der Waals surface area contributed by atoms with Crippen molar-refractivity contribution in [1.82, 2.24) is 9.55 Å². The van der Waals surface area contributed by atoms with Gasteiger partial charge < -0.3 is 5.11 Å². The van der Waals surface area contributed by atoms with Gasteiger partial charge in [-0.3, -0.25) is 19.1 Å². The molecular weight excluding hydrogens is 336 g/mol. The van der Waals surface area contributed by atoms with Crippen LogP contribution in [0, 0.1) is 0 Å². The summed E-state index contributed by atoms with van der Waals surface area (Å²) in [4.78, 5) is 51.0. The summed E-state index contributed by atoms with van der Waals surface area (Å²) in [5.41, 5.74) is -2.30. The third kappa shape index (κ3) is 3.23. The molecule has 0 unspecified atom stereocenters. The molecule has 0 spiro atoms. The number of benzene rings is 2. The van der Waals surface area contributed by atoms with E-state index >= 15 is 0 Å². The number of aromatic carboxylic acids is 1. The number of aromatic nitrogens is 2. The van der Waals surface area contributed by atoms with Gasteiger partial charge in [-0.05, 0) is 5.56 Å². The highest BCUT2D eigenvalue weighted by atomic mass is 16.4. The normalized spacial score (nSPS) is 10.5. The Morgan fingerprint density at radius 2 is 1.50 bits per heavy atom. The minimum Gasteiger partial charge on any atom is -0.477 e. The molecule has 0 aliphatic rings. The second-order valence-electron chi connectivity index (χ2n) is 5.55. The molecule has 7 heteroatoms. The summed E-state index contributed by atoms with van der Waals surface area (Å²) in [6, 6.07) is 16.5. The lowest BCUT2D eigenvalue weighted by Gasteiger charge is -2.13. The van der Waals surface area contributed by atoms with Crippen LogP contribution in [0.5, 0.6) is 0 Å². The van der Waals surface area contributed by atoms with E-state index in [0.717, 1.165) is 4.57 Å². The highest BCUT2D eigenvalue weighted by molar-refractivity contribution is 6.13. The number of rotatable bonds is 5. The number of nitrogens with one attached hydrogen (secondary N) is 1. The molecule has 1 heterocycles. The third-order valence-electron chi connectivity index (χ3n) is 3.85. The predicted octanol–water partition coefficient (Wildman–Crippen LogP) is 1.51. The fraction of sp³-hybridized carbons (Fsp3) is 0.0526. The molecule has 0 radical (unpaired) electrons. The largest absolute Gasteiger partial charge is 0.477 e. The number of carbonyl (C=O) groups excluding carboxylic acids is 1. The van der Waals surface area contributed by atoms with Gasteiger partial charge in [0.2, 0.25) is 5.78 Å². The predicted molar refractivity (Wildman–Crippen MR) is 93.7 cm³/mol. The van der Waals surface area contributed by atoms with E-state index in [2.05, 4.69) is 0 Å². The van der Waals surface area contributed by atoms with Crippen molar-refractivity contribution in [3.05, 3.63) is 104 Å². The van der Waals surface area contributed by atoms with Crippen LogP contribution in [0.15, 0.2) is 70.3 Å². The van der Waals surface area contributed by atoms with Gasteiger partial charge in [0.25, 0.3) is 5.56 Å². The Morgan fingerprint density at radius 1 is 0.923 bits per heavy atom. The van der Waals surface area contributed by atoms with Crippen LogP contribution in [0.1, 0.15) is 32.0 Å². The van der Waals surface area contributed by atoms with Crippen molar-refractivity contribution in [3.8, 4) is 0 Å². The quantitative estimate of drug-likeness (QED) is 0.678. The number of carbonyl (C=O) groups is 2. The number of carboxylic acid groups (broad SMARTS) is 1. The van der Waals surface area contributed by atoms with Gasteiger partial charge >= 0.3 is 11.7 Å². The van der Waals surface area contributed by atoms with Gasteiger partial charge in [0, 0.05) is 5.56 Å². The topological polar surface area (TPSA) is 109 Å². The molecule has 0 saturated carbocycles. The lowest BCUT2D eigenvalue weighted by molar-refractivity contribution is 0.0678. The summed E-state index contributed by atoms with van der Waals surface area (Å²) in [6.07, 6.45) is 0. The van der Waals surface area contributed by atoms with Crippen LogP contribution in [0.3, 0.4) is 0 Å². The molecule has 3 aromatic rings. The molecule has 1 aromatic heterocycles. The zero-order chi connectivity index (χ0) is 18.7. The lowest BCUT2D eigenvalue weighted by atomic mass is 10.0. The number of ketones is 1. The van der Waals surface area contributed by atoms with Gasteiger partial charge in [-0.15, -0.1) is 0 Å². The van der Waals surface area contributed by atoms with E-state index in [1.165, 1.54) is 12.1 Å². The summed E-state index contributed by atoms with van der Waals surface area (Å²) in [6.45, 7) is -0.0901. The van der Waals surface area contributed by atoms with E-state index in [9.17, 15) is 24.3 Å². The minimum absolute atomic E-state index is 0.0901. The van der Waals surface area contributed by atoms with Gasteiger partial charge in [0.15, 0.2) is 0 Å². The zero-order valence-electron chi connectivity index (χ0n) is 13.5. The lowest BCUT2D eigenvalue weighted by Crippen LogP contribution is -2.39. The SMILES string of the molecule is O=C(c1ccccc1)c1c(C(=O)O)n(Cc2ccccc2)c(=O)[nH]c1=O. The first-order valence-corrected chi connectivity index (χ1v) is 7.73. The van der Waals surface area contributed by atoms with Crippen molar-refractivity contribution in [2.75, 3.05) is 0 Å². The van der Waals surface area contributed by atoms with Crippen molar-refractivity contribution < 1.29 is 14.7 Å². The Bertz CT molecular complexity index is 1080. The number of hydrogen-bond acceptors (Lipinski definition) is 4. The van der Waals surface area contributed by atoms with Crippen LogP contribution in [0.25, 0.3) is 0 Å². The number of H-pyrrole nitrogens is 1. The van der Waals surface area contributed by atoms with Gasteiger partial charge in [0.1, 0.15) is 11.3 Å². The van der Waals surface area contributed by atoms with E-state index in [1.54, 1.807) is 48.5 Å². The summed E-state index contributed by atoms with van der Waals surface area (Å²) >= 11 is 0. The molecule has 0 saturated heterocycles. The average molecular weight is 350 g/mol. The van der Waals surface area contributed by atoms with Gasteiger partial charge in [-0.25, -0.2) is 9.59 Å². The summed E-state index contributed by atoms with van der Waals surface area (Å²) < 4.78 is 0.884. The second kappa shape index (κ2) is 7.02. The first-order valence-electron chi connectivity index (χ1n) is 7.73. The molecule has 130 valence electrons. The Morgan fingerprint density at radius 3 is 2.08 bits per heavy atom. The van der Waals surface area contributed by atoms with Crippen molar-refractivity contribution in [2.45, 2.75) is 6.54 Å². The van der Waals surface area contributed by atoms with Crippen molar-refractivity contribution in [1.29, 1.82) is 0 Å². The molecule has 7 nitrogen and oxygen atoms in total. The average Bonchev–Trinajstić information content (AvgIpc) is 2.64. The zero-order valence-corrected chi connectivity index (χ0v) is 13.5. The van der Waals surface area contributed by atoms with Gasteiger partial charge in [0.05, 0.1) is 6.54 Å². The summed E-state index contributed by atoms with van der Waals surface area (Å²) in [5.74, 6) is -2.28. The molecule has 0 amide bonds. The molecule has 0 bridgehead atoms. The summed E-state index contributed by atoms with van der Waals surface area (Å²) in [5, 5.41) is 9.60. The third-order valence-corrected chi connectivity index (χ3v) is 3.85. The van der Waals surface area contributed by atoms with E-state index in [1.807, 2.05) is 4.98 Å². The highest BCUT2D eigenvalue weighted by Gasteiger charge is 2.26. The molecule has 3 rings (SSSR count). The van der Waals surface area contributed by atoms with E-state index in [0.29, 0.717) is 5.56 Å². The van der Waals surface area contributed by atoms with Crippen molar-refractivity contribution in [3.63, 3.8) is 0 Å². The monoisotopic (exact) mass is 350 g/mol. The maximum absolute atomic E-state index is 12.7. The van der Waals surface area contributed by atoms with Crippen molar-refractivity contribution >= 4 is 11.8 Å². The molecule has 26 heavy (non-hydrogen) atoms. The first kappa shape index (κ1) is 17.1. The van der Waals surface area contributed by atoms with Crippen LogP contribution in [-0.2, 0) is 6.54 Å². The standard InChI is InChI=1S/C19H14N2O5/c22-16(13-9-5-2-6-10-13)14-15(18(24)25)21(19(26)20-17(14)23)11-12-7-3-1-4-8-12/h1-10H,11H2,(H,24,25)(H,20,23,26). The Kier molecular flexibility index (Phi) is 4.62. The highest BCUT2D eigenvalue weighted by Crippen LogP contribution is 2.12. The van der Waals surface area contributed by atoms with E-state index in [-0.39, 0.29) is 12.1 Å². The number of nitrogens with zero attached hydrogens (tertiary/aromatic N) is 1. The number of aromatic amines is 1. The van der Waals surface area contributed by atoms with Crippen LogP contribution >= 0.6 is 0 Å². The van der Waals surface area contributed by atoms with Crippen LogP contribution in [-0.4, -0.2) is 26.4 Å². The van der Waals surface area contributed by atoms with Crippen LogP contribution in [0.4, 0.5) is 0 Å². The molecule has 0 aliphatic carbocycles. The fourth-order valence-corrected chi connectivity index (χ4v) is 2.65. The Labute approximate surface area is 147 Å². The fourth-order valence-electron chi connectivity index (χ4n) is 2.65. The second-order valence-corrected chi connectivity index (χ2v) is 5.55. The molecule has 2 aromatic carbocycles. The van der Waals surface area contributed by atoms with E-state index < -0.39 is 34.3 Å². The maximum atomic E-state index is 12.7. The molecule has 0 aliphatic heterocycles. The number of hydrogen-bond donors (Lipinski definition) is 2. The smallest absolute Gasteiger partial charge is 0.353 e. The molecule has 0 atom stereocenters. The number of carboxylic acids is 1. The molecular formula is C19H14N2O5. The summed E-state index contributed by atoms with van der Waals surface area (Å²) in [7, 11) is 0. The molecule has 0 fully saturated rings. The maximum Gasteiger partial charge on any atom is 0.353 e. The van der Waals surface area contributed by atoms with Crippen LogP contribution in [0.2, 0.25) is 0 Å².